The Kier molecular flexibility index (Phi) is 5.08. The molecular weight excluding hydrogens is 320 g/mol. The van der Waals surface area contributed by atoms with Crippen LogP contribution in [0.1, 0.15) is 37.0 Å². The van der Waals surface area contributed by atoms with Gasteiger partial charge in [0.1, 0.15) is 10.6 Å². The minimum absolute atomic E-state index is 0.464. The molecule has 0 fully saturated rings. The van der Waals surface area contributed by atoms with E-state index in [0.717, 1.165) is 16.3 Å². The summed E-state index contributed by atoms with van der Waals surface area (Å²) in [5.41, 5.74) is 1.35. The van der Waals surface area contributed by atoms with E-state index in [4.69, 9.17) is 16.3 Å². The molecule has 0 aliphatic rings. The van der Waals surface area contributed by atoms with Gasteiger partial charge in [-0.2, -0.15) is 0 Å². The van der Waals surface area contributed by atoms with Crippen molar-refractivity contribution in [3.8, 4) is 0 Å². The predicted octanol–water partition coefficient (Wildman–Crippen LogP) is 5.04. The lowest BCUT2D eigenvalue weighted by atomic mass is 10.2. The summed E-state index contributed by atoms with van der Waals surface area (Å²) in [7, 11) is 0. The molecule has 0 saturated carbocycles. The van der Waals surface area contributed by atoms with Crippen LogP contribution in [0.3, 0.4) is 0 Å². The van der Waals surface area contributed by atoms with Crippen molar-refractivity contribution in [1.29, 1.82) is 0 Å². The maximum absolute atomic E-state index is 11.8. The van der Waals surface area contributed by atoms with E-state index in [0.29, 0.717) is 16.4 Å². The zero-order chi connectivity index (χ0) is 16.3. The maximum atomic E-state index is 11.8. The van der Waals surface area contributed by atoms with Crippen LogP contribution in [0, 0.1) is 6.92 Å². The maximum Gasteiger partial charge on any atom is 0.412 e. The molecule has 22 heavy (non-hydrogen) atoms. The van der Waals surface area contributed by atoms with E-state index in [1.807, 2.05) is 52.0 Å². The van der Waals surface area contributed by atoms with E-state index in [1.165, 1.54) is 11.3 Å². The number of aryl methyl sites for hydroxylation is 1. The highest BCUT2D eigenvalue weighted by Crippen LogP contribution is 2.27. The Labute approximate surface area is 139 Å². The summed E-state index contributed by atoms with van der Waals surface area (Å²) >= 11 is 7.44. The van der Waals surface area contributed by atoms with Crippen molar-refractivity contribution < 1.29 is 9.53 Å². The molecule has 0 spiro atoms. The van der Waals surface area contributed by atoms with Crippen molar-refractivity contribution in [1.82, 2.24) is 4.98 Å². The van der Waals surface area contributed by atoms with E-state index >= 15 is 0 Å². The zero-order valence-electron chi connectivity index (χ0n) is 13.1. The van der Waals surface area contributed by atoms with Gasteiger partial charge in [0.05, 0.1) is 10.7 Å². The molecule has 2 aromatic rings. The largest absolute Gasteiger partial charge is 0.444 e. The van der Waals surface area contributed by atoms with E-state index in [-0.39, 0.29) is 0 Å². The number of amides is 1. The van der Waals surface area contributed by atoms with Crippen LogP contribution in [0.15, 0.2) is 24.3 Å². The number of carbonyl (C=O) groups is 1. The minimum atomic E-state index is -0.522. The van der Waals surface area contributed by atoms with Gasteiger partial charge in [0, 0.05) is 11.4 Å². The average Bonchev–Trinajstić information content (AvgIpc) is 2.67. The molecule has 118 valence electrons. The third kappa shape index (κ3) is 5.00. The van der Waals surface area contributed by atoms with Crippen LogP contribution >= 0.6 is 22.9 Å². The number of hydrogen-bond donors (Lipinski definition) is 1. The molecule has 0 aliphatic heterocycles. The van der Waals surface area contributed by atoms with Gasteiger partial charge in [-0.25, -0.2) is 9.78 Å². The molecule has 1 N–H and O–H groups in total. The number of ether oxygens (including phenoxy) is 1. The van der Waals surface area contributed by atoms with Crippen LogP contribution in [0.5, 0.6) is 0 Å². The second-order valence-corrected chi connectivity index (χ2v) is 7.48. The van der Waals surface area contributed by atoms with E-state index in [9.17, 15) is 4.79 Å². The summed E-state index contributed by atoms with van der Waals surface area (Å²) in [6, 6.07) is 7.68. The number of benzene rings is 1. The highest BCUT2D eigenvalue weighted by Gasteiger charge is 2.18. The summed E-state index contributed by atoms with van der Waals surface area (Å²) in [6.45, 7) is 7.36. The average molecular weight is 339 g/mol. The number of aromatic nitrogens is 1. The molecule has 0 unspecified atom stereocenters. The van der Waals surface area contributed by atoms with Gasteiger partial charge < -0.3 is 4.74 Å². The fraction of sp³-hybridized carbons (Fsp3) is 0.375. The van der Waals surface area contributed by atoms with Gasteiger partial charge in [0.2, 0.25) is 0 Å². The number of nitrogens with zero attached hydrogens (tertiary/aromatic N) is 1. The van der Waals surface area contributed by atoms with Gasteiger partial charge in [0.15, 0.2) is 0 Å². The topological polar surface area (TPSA) is 51.2 Å². The molecule has 1 aromatic carbocycles. The van der Waals surface area contributed by atoms with E-state index < -0.39 is 11.7 Å². The fourth-order valence-corrected chi connectivity index (χ4v) is 3.06. The highest BCUT2D eigenvalue weighted by atomic mass is 35.5. The Bertz CT molecular complexity index is 677. The Morgan fingerprint density at radius 1 is 1.41 bits per heavy atom. The predicted molar refractivity (Wildman–Crippen MR) is 91.0 cm³/mol. The first-order valence-corrected chi connectivity index (χ1v) is 8.13. The second-order valence-electron chi connectivity index (χ2n) is 5.96. The quantitative estimate of drug-likeness (QED) is 0.852. The van der Waals surface area contributed by atoms with Gasteiger partial charge in [-0.3, -0.25) is 5.32 Å². The molecule has 1 aromatic heterocycles. The second kappa shape index (κ2) is 6.67. The molecule has 0 bridgehead atoms. The van der Waals surface area contributed by atoms with Crippen molar-refractivity contribution in [3.63, 3.8) is 0 Å². The zero-order valence-corrected chi connectivity index (χ0v) is 14.6. The smallest absolute Gasteiger partial charge is 0.412 e. The Balaban J connectivity index is 2.06. The highest BCUT2D eigenvalue weighted by molar-refractivity contribution is 7.16. The van der Waals surface area contributed by atoms with Crippen LogP contribution in [0.4, 0.5) is 9.80 Å². The molecular formula is C16H19ClN2O2S. The van der Waals surface area contributed by atoms with Crippen LogP contribution in [0.25, 0.3) is 0 Å². The van der Waals surface area contributed by atoms with Crippen molar-refractivity contribution >= 4 is 34.0 Å². The first-order chi connectivity index (χ1) is 10.2. The number of rotatable bonds is 3. The van der Waals surface area contributed by atoms with E-state index in [2.05, 4.69) is 10.3 Å². The van der Waals surface area contributed by atoms with Gasteiger partial charge in [-0.1, -0.05) is 23.7 Å². The lowest BCUT2D eigenvalue weighted by Crippen LogP contribution is -2.27. The third-order valence-corrected chi connectivity index (χ3v) is 4.01. The van der Waals surface area contributed by atoms with Crippen molar-refractivity contribution in [2.75, 3.05) is 5.32 Å². The van der Waals surface area contributed by atoms with Crippen LogP contribution in [-0.2, 0) is 11.2 Å². The molecule has 2 rings (SSSR count). The minimum Gasteiger partial charge on any atom is -0.444 e. The van der Waals surface area contributed by atoms with Gasteiger partial charge in [0.25, 0.3) is 0 Å². The van der Waals surface area contributed by atoms with Crippen LogP contribution < -0.4 is 5.32 Å². The molecule has 0 radical (unpaired) electrons. The van der Waals surface area contributed by atoms with Gasteiger partial charge >= 0.3 is 6.09 Å². The normalized spacial score (nSPS) is 11.3. The fourth-order valence-electron chi connectivity index (χ4n) is 1.86. The summed E-state index contributed by atoms with van der Waals surface area (Å²) in [6.07, 6.45) is 0.218. The monoisotopic (exact) mass is 338 g/mol. The number of carbonyl (C=O) groups excluding carboxylic acids is 1. The Morgan fingerprint density at radius 3 is 2.77 bits per heavy atom. The number of hydrogen-bond acceptors (Lipinski definition) is 4. The molecule has 0 saturated heterocycles. The van der Waals surface area contributed by atoms with Crippen LogP contribution in [-0.4, -0.2) is 16.7 Å². The van der Waals surface area contributed by atoms with Gasteiger partial charge in [-0.05, 0) is 45.4 Å². The summed E-state index contributed by atoms with van der Waals surface area (Å²) in [4.78, 5) is 16.3. The lowest BCUT2D eigenvalue weighted by Gasteiger charge is -2.19. The summed E-state index contributed by atoms with van der Waals surface area (Å²) < 4.78 is 5.25. The number of halogens is 1. The van der Waals surface area contributed by atoms with E-state index in [1.54, 1.807) is 0 Å². The molecule has 6 heteroatoms. The SMILES string of the molecule is Cc1nc(Cc2cccc(Cl)c2)sc1NC(=O)OC(C)(C)C. The van der Waals surface area contributed by atoms with Crippen molar-refractivity contribution in [2.45, 2.75) is 39.7 Å². The van der Waals surface area contributed by atoms with Crippen molar-refractivity contribution in [3.05, 3.63) is 45.6 Å². The Morgan fingerprint density at radius 2 is 2.14 bits per heavy atom. The van der Waals surface area contributed by atoms with Crippen LogP contribution in [0.2, 0.25) is 5.02 Å². The standard InChI is InChI=1S/C16H19ClN2O2S/c1-10-14(19-15(20)21-16(2,3)4)22-13(18-10)9-11-6-5-7-12(17)8-11/h5-8H,9H2,1-4H3,(H,19,20). The Hall–Kier alpha value is -1.59. The lowest BCUT2D eigenvalue weighted by molar-refractivity contribution is 0.0636. The summed E-state index contributed by atoms with van der Waals surface area (Å²) in [5.74, 6) is 0. The first kappa shape index (κ1) is 16.8. The molecule has 4 nitrogen and oxygen atoms in total. The number of thiazole rings is 1. The number of nitrogens with one attached hydrogen (secondary N) is 1. The van der Waals surface area contributed by atoms with Gasteiger partial charge in [-0.15, -0.1) is 11.3 Å². The third-order valence-electron chi connectivity index (χ3n) is 2.70. The molecule has 1 amide bonds. The molecule has 1 heterocycles. The molecule has 0 aliphatic carbocycles. The summed E-state index contributed by atoms with van der Waals surface area (Å²) in [5, 5.41) is 5.10. The molecule has 0 atom stereocenters. The number of anilines is 1. The first-order valence-electron chi connectivity index (χ1n) is 6.94. The van der Waals surface area contributed by atoms with Crippen molar-refractivity contribution in [2.24, 2.45) is 0 Å².